The fraction of sp³-hybridized carbons (Fsp3) is 0.167. The van der Waals surface area contributed by atoms with Gasteiger partial charge in [0.15, 0.2) is 0 Å². The van der Waals surface area contributed by atoms with Crippen molar-refractivity contribution in [1.29, 1.82) is 0 Å². The van der Waals surface area contributed by atoms with Crippen LogP contribution in [0.5, 0.6) is 0 Å². The predicted molar refractivity (Wildman–Crippen MR) is 91.2 cm³/mol. The van der Waals surface area contributed by atoms with Gasteiger partial charge in [-0.3, -0.25) is 4.79 Å². The van der Waals surface area contributed by atoms with E-state index in [9.17, 15) is 4.79 Å². The second-order valence-corrected chi connectivity index (χ2v) is 5.65. The van der Waals surface area contributed by atoms with Crippen molar-refractivity contribution in [1.82, 2.24) is 20.3 Å². The average molecular weight is 319 g/mol. The summed E-state index contributed by atoms with van der Waals surface area (Å²) in [6.07, 6.45) is 2.59. The molecule has 0 saturated carbocycles. The molecule has 2 aromatic carbocycles. The first kappa shape index (κ1) is 14.4. The van der Waals surface area contributed by atoms with Crippen molar-refractivity contribution in [2.45, 2.75) is 13.0 Å². The van der Waals surface area contributed by atoms with Gasteiger partial charge >= 0.3 is 0 Å². The fourth-order valence-corrected chi connectivity index (χ4v) is 2.88. The lowest BCUT2D eigenvalue weighted by molar-refractivity contribution is 0.0946. The van der Waals surface area contributed by atoms with Gasteiger partial charge in [0, 0.05) is 17.8 Å². The summed E-state index contributed by atoms with van der Waals surface area (Å²) in [4.78, 5) is 13.5. The summed E-state index contributed by atoms with van der Waals surface area (Å²) in [7, 11) is 0. The number of anilines is 1. The number of para-hydroxylation sites is 1. The molecule has 0 bridgehead atoms. The molecule has 3 aromatic rings. The molecule has 2 heterocycles. The molecule has 6 nitrogen and oxygen atoms in total. The Morgan fingerprint density at radius 2 is 2.00 bits per heavy atom. The molecule has 1 aromatic heterocycles. The summed E-state index contributed by atoms with van der Waals surface area (Å²) in [6.45, 7) is 1.24. The van der Waals surface area contributed by atoms with Crippen LogP contribution in [-0.2, 0) is 13.0 Å². The van der Waals surface area contributed by atoms with E-state index in [-0.39, 0.29) is 5.91 Å². The van der Waals surface area contributed by atoms with Crippen molar-refractivity contribution in [2.24, 2.45) is 0 Å². The summed E-state index contributed by atoms with van der Waals surface area (Å²) in [6, 6.07) is 15.6. The average Bonchev–Trinajstić information content (AvgIpc) is 3.10. The maximum Gasteiger partial charge on any atom is 0.251 e. The van der Waals surface area contributed by atoms with Crippen LogP contribution in [0.2, 0.25) is 0 Å². The standard InChI is InChI=1S/C18H17N5O/c24-18-16-7-4-8-17(15(16)9-10-19-18)20-11-13-12-21-23(22-13)14-5-2-1-3-6-14/h1-8,12,20H,9-11H2,(H,19,24). The Labute approximate surface area is 139 Å². The topological polar surface area (TPSA) is 71.8 Å². The normalized spacial score (nSPS) is 13.2. The van der Waals surface area contributed by atoms with Gasteiger partial charge in [0.2, 0.25) is 0 Å². The van der Waals surface area contributed by atoms with Gasteiger partial charge in [-0.1, -0.05) is 24.3 Å². The maximum atomic E-state index is 11.9. The molecule has 1 aliphatic rings. The highest BCUT2D eigenvalue weighted by Gasteiger charge is 2.18. The number of carbonyl (C=O) groups excluding carboxylic acids is 1. The van der Waals surface area contributed by atoms with E-state index >= 15 is 0 Å². The first-order chi connectivity index (χ1) is 11.8. The Kier molecular flexibility index (Phi) is 3.70. The Bertz CT molecular complexity index is 872. The van der Waals surface area contributed by atoms with Gasteiger partial charge in [-0.2, -0.15) is 15.0 Å². The zero-order valence-corrected chi connectivity index (χ0v) is 13.1. The van der Waals surface area contributed by atoms with Gasteiger partial charge in [0.05, 0.1) is 18.4 Å². The van der Waals surface area contributed by atoms with E-state index in [4.69, 9.17) is 0 Å². The van der Waals surface area contributed by atoms with E-state index in [2.05, 4.69) is 20.8 Å². The van der Waals surface area contributed by atoms with Gasteiger partial charge in [-0.15, -0.1) is 0 Å². The third-order valence-corrected chi connectivity index (χ3v) is 4.07. The monoisotopic (exact) mass is 319 g/mol. The lowest BCUT2D eigenvalue weighted by atomic mass is 9.98. The largest absolute Gasteiger partial charge is 0.379 e. The van der Waals surface area contributed by atoms with E-state index in [1.807, 2.05) is 48.5 Å². The Hall–Kier alpha value is -3.15. The van der Waals surface area contributed by atoms with Gasteiger partial charge in [-0.05, 0) is 36.2 Å². The molecule has 1 aliphatic heterocycles. The first-order valence-electron chi connectivity index (χ1n) is 7.92. The van der Waals surface area contributed by atoms with Crippen molar-refractivity contribution in [3.8, 4) is 5.69 Å². The van der Waals surface area contributed by atoms with Crippen molar-refractivity contribution < 1.29 is 4.79 Å². The van der Waals surface area contributed by atoms with Crippen molar-refractivity contribution in [3.63, 3.8) is 0 Å². The van der Waals surface area contributed by atoms with Crippen LogP contribution in [0.1, 0.15) is 21.6 Å². The van der Waals surface area contributed by atoms with Crippen LogP contribution < -0.4 is 10.6 Å². The molecule has 24 heavy (non-hydrogen) atoms. The van der Waals surface area contributed by atoms with Gasteiger partial charge in [-0.25, -0.2) is 0 Å². The molecular formula is C18H17N5O. The number of carbonyl (C=O) groups is 1. The van der Waals surface area contributed by atoms with Crippen LogP contribution in [0, 0.1) is 0 Å². The Balaban J connectivity index is 1.51. The molecule has 4 rings (SSSR count). The Morgan fingerprint density at radius 1 is 1.12 bits per heavy atom. The number of fused-ring (bicyclic) bond motifs is 1. The maximum absolute atomic E-state index is 11.9. The summed E-state index contributed by atoms with van der Waals surface area (Å²) in [5.41, 5.74) is 4.57. The van der Waals surface area contributed by atoms with Gasteiger partial charge in [0.1, 0.15) is 5.69 Å². The molecule has 0 saturated heterocycles. The summed E-state index contributed by atoms with van der Waals surface area (Å²) in [5, 5.41) is 15.0. The summed E-state index contributed by atoms with van der Waals surface area (Å²) >= 11 is 0. The number of hydrogen-bond donors (Lipinski definition) is 2. The first-order valence-corrected chi connectivity index (χ1v) is 7.92. The number of nitrogens with zero attached hydrogens (tertiary/aromatic N) is 3. The molecule has 0 fully saturated rings. The smallest absolute Gasteiger partial charge is 0.251 e. The lowest BCUT2D eigenvalue weighted by Crippen LogP contribution is -2.32. The van der Waals surface area contributed by atoms with Gasteiger partial charge < -0.3 is 10.6 Å². The van der Waals surface area contributed by atoms with Crippen molar-refractivity contribution >= 4 is 11.6 Å². The summed E-state index contributed by atoms with van der Waals surface area (Å²) in [5.74, 6) is -0.00470. The minimum Gasteiger partial charge on any atom is -0.379 e. The highest BCUT2D eigenvalue weighted by Crippen LogP contribution is 2.23. The van der Waals surface area contributed by atoms with Crippen LogP contribution >= 0.6 is 0 Å². The number of nitrogens with one attached hydrogen (secondary N) is 2. The van der Waals surface area contributed by atoms with Crippen LogP contribution in [0.3, 0.4) is 0 Å². The molecule has 6 heteroatoms. The molecule has 0 radical (unpaired) electrons. The zero-order chi connectivity index (χ0) is 16.4. The van der Waals surface area contributed by atoms with Crippen LogP contribution in [0.25, 0.3) is 5.69 Å². The van der Waals surface area contributed by atoms with Gasteiger partial charge in [0.25, 0.3) is 5.91 Å². The zero-order valence-electron chi connectivity index (χ0n) is 13.1. The van der Waals surface area contributed by atoms with Crippen LogP contribution in [0.4, 0.5) is 5.69 Å². The SMILES string of the molecule is O=C1NCCc2c(NCc3cnn(-c4ccccc4)n3)cccc21. The second-order valence-electron chi connectivity index (χ2n) is 5.65. The van der Waals surface area contributed by atoms with Crippen LogP contribution in [-0.4, -0.2) is 27.4 Å². The number of rotatable bonds is 4. The van der Waals surface area contributed by atoms with E-state index < -0.39 is 0 Å². The van der Waals surface area contributed by atoms with E-state index in [0.717, 1.165) is 34.6 Å². The van der Waals surface area contributed by atoms with E-state index in [0.29, 0.717) is 13.1 Å². The highest BCUT2D eigenvalue weighted by molar-refractivity contribution is 5.98. The lowest BCUT2D eigenvalue weighted by Gasteiger charge is -2.20. The number of amides is 1. The number of aromatic nitrogens is 3. The molecule has 0 unspecified atom stereocenters. The van der Waals surface area contributed by atoms with Crippen molar-refractivity contribution in [2.75, 3.05) is 11.9 Å². The summed E-state index contributed by atoms with van der Waals surface area (Å²) < 4.78 is 0. The third kappa shape index (κ3) is 2.74. The van der Waals surface area contributed by atoms with Crippen LogP contribution in [0.15, 0.2) is 54.7 Å². The van der Waals surface area contributed by atoms with E-state index in [1.54, 1.807) is 11.0 Å². The molecule has 1 amide bonds. The molecule has 2 N–H and O–H groups in total. The molecule has 0 aliphatic carbocycles. The highest BCUT2D eigenvalue weighted by atomic mass is 16.1. The third-order valence-electron chi connectivity index (χ3n) is 4.07. The quantitative estimate of drug-likeness (QED) is 0.773. The van der Waals surface area contributed by atoms with E-state index in [1.165, 1.54) is 0 Å². The molecule has 120 valence electrons. The fourth-order valence-electron chi connectivity index (χ4n) is 2.88. The number of benzene rings is 2. The predicted octanol–water partition coefficient (Wildman–Crippen LogP) is 2.17. The molecule has 0 spiro atoms. The second kappa shape index (κ2) is 6.16. The minimum absolute atomic E-state index is 0.00470. The molecule has 0 atom stereocenters. The minimum atomic E-state index is -0.00470. The number of hydrogen-bond acceptors (Lipinski definition) is 4. The van der Waals surface area contributed by atoms with Crippen molar-refractivity contribution in [3.05, 3.63) is 71.5 Å². The molecular weight excluding hydrogens is 302 g/mol. The Morgan fingerprint density at radius 3 is 2.88 bits per heavy atom.